The zero-order valence-corrected chi connectivity index (χ0v) is 10.7. The molecule has 1 saturated heterocycles. The molecule has 2 heterocycles. The van der Waals surface area contributed by atoms with E-state index in [1.165, 1.54) is 24.9 Å². The van der Waals surface area contributed by atoms with Crippen LogP contribution in [0, 0.1) is 0 Å². The highest BCUT2D eigenvalue weighted by molar-refractivity contribution is 5.98. The first-order valence-corrected chi connectivity index (χ1v) is 6.63. The summed E-state index contributed by atoms with van der Waals surface area (Å²) < 4.78 is 0. The minimum atomic E-state index is 0.0886. The second kappa shape index (κ2) is 4.48. The van der Waals surface area contributed by atoms with Crippen molar-refractivity contribution >= 4 is 22.4 Å². The van der Waals surface area contributed by atoms with E-state index in [2.05, 4.69) is 28.1 Å². The van der Waals surface area contributed by atoms with Gasteiger partial charge in [0.15, 0.2) is 5.78 Å². The first-order valence-electron chi connectivity index (χ1n) is 6.63. The van der Waals surface area contributed by atoms with Crippen LogP contribution in [0.25, 0.3) is 10.9 Å². The Morgan fingerprint density at radius 3 is 2.67 bits per heavy atom. The number of ketones is 1. The Balaban J connectivity index is 1.96. The topological polar surface area (TPSA) is 36.1 Å². The predicted octanol–water partition coefficient (Wildman–Crippen LogP) is 3.36. The molecule has 94 valence electrons. The van der Waals surface area contributed by atoms with Gasteiger partial charge in [-0.05, 0) is 43.5 Å². The van der Waals surface area contributed by atoms with Gasteiger partial charge >= 0.3 is 0 Å². The van der Waals surface area contributed by atoms with E-state index in [9.17, 15) is 4.79 Å². The number of carbonyl (C=O) groups excluding carboxylic acids is 1. The lowest BCUT2D eigenvalue weighted by molar-refractivity contribution is 0.101. The standard InChI is InChI=1S/C15H18N2O/c1-11(18)15-10-12-9-13(5-6-14(12)16-15)17-7-3-2-4-8-17/h5-6,9-10,16H,2-4,7-8H2,1H3. The van der Waals surface area contributed by atoms with Crippen molar-refractivity contribution in [1.82, 2.24) is 4.98 Å². The lowest BCUT2D eigenvalue weighted by Crippen LogP contribution is -2.29. The summed E-state index contributed by atoms with van der Waals surface area (Å²) in [7, 11) is 0. The molecule has 0 saturated carbocycles. The molecular formula is C15H18N2O. The van der Waals surface area contributed by atoms with Crippen molar-refractivity contribution in [1.29, 1.82) is 0 Å². The fraction of sp³-hybridized carbons (Fsp3) is 0.400. The summed E-state index contributed by atoms with van der Waals surface area (Å²) in [5, 5.41) is 1.13. The number of fused-ring (bicyclic) bond motifs is 1. The molecule has 0 bridgehead atoms. The van der Waals surface area contributed by atoms with Crippen LogP contribution in [0.3, 0.4) is 0 Å². The van der Waals surface area contributed by atoms with Crippen LogP contribution in [0.4, 0.5) is 5.69 Å². The van der Waals surface area contributed by atoms with E-state index < -0.39 is 0 Å². The number of benzene rings is 1. The number of hydrogen-bond acceptors (Lipinski definition) is 2. The van der Waals surface area contributed by atoms with Crippen molar-refractivity contribution in [3.63, 3.8) is 0 Å². The molecule has 3 rings (SSSR count). The zero-order chi connectivity index (χ0) is 12.5. The number of hydrogen-bond donors (Lipinski definition) is 1. The quantitative estimate of drug-likeness (QED) is 0.820. The van der Waals surface area contributed by atoms with E-state index in [1.807, 2.05) is 6.07 Å². The van der Waals surface area contributed by atoms with Crippen molar-refractivity contribution in [2.45, 2.75) is 26.2 Å². The first kappa shape index (κ1) is 11.3. The molecule has 0 radical (unpaired) electrons. The molecule has 3 nitrogen and oxygen atoms in total. The highest BCUT2D eigenvalue weighted by Gasteiger charge is 2.12. The Morgan fingerprint density at radius 2 is 1.94 bits per heavy atom. The molecule has 1 aromatic heterocycles. The molecule has 0 unspecified atom stereocenters. The second-order valence-electron chi connectivity index (χ2n) is 5.06. The summed E-state index contributed by atoms with van der Waals surface area (Å²) in [6, 6.07) is 8.36. The van der Waals surface area contributed by atoms with Crippen LogP contribution in [0.5, 0.6) is 0 Å². The highest BCUT2D eigenvalue weighted by atomic mass is 16.1. The fourth-order valence-electron chi connectivity index (χ4n) is 2.66. The van der Waals surface area contributed by atoms with E-state index in [0.29, 0.717) is 5.69 Å². The number of aromatic amines is 1. The maximum atomic E-state index is 11.4. The Labute approximate surface area is 107 Å². The van der Waals surface area contributed by atoms with Gasteiger partial charge < -0.3 is 9.88 Å². The maximum Gasteiger partial charge on any atom is 0.175 e. The number of nitrogens with zero attached hydrogens (tertiary/aromatic N) is 1. The summed E-state index contributed by atoms with van der Waals surface area (Å²) in [6.45, 7) is 3.89. The Morgan fingerprint density at radius 1 is 1.17 bits per heavy atom. The number of Topliss-reactive ketones (excluding diaryl/α,β-unsaturated/α-hetero) is 1. The number of nitrogens with one attached hydrogen (secondary N) is 1. The largest absolute Gasteiger partial charge is 0.372 e. The van der Waals surface area contributed by atoms with Crippen LogP contribution in [0.1, 0.15) is 36.7 Å². The van der Waals surface area contributed by atoms with Gasteiger partial charge in [0.1, 0.15) is 0 Å². The number of piperidine rings is 1. The van der Waals surface area contributed by atoms with Gasteiger partial charge in [-0.15, -0.1) is 0 Å². The lowest BCUT2D eigenvalue weighted by atomic mass is 10.1. The molecule has 1 aliphatic heterocycles. The van der Waals surface area contributed by atoms with Crippen LogP contribution in [-0.4, -0.2) is 23.9 Å². The summed E-state index contributed by atoms with van der Waals surface area (Å²) in [5.41, 5.74) is 3.01. The zero-order valence-electron chi connectivity index (χ0n) is 10.7. The molecule has 1 N–H and O–H groups in total. The van der Waals surface area contributed by atoms with Crippen LogP contribution in [0.2, 0.25) is 0 Å². The monoisotopic (exact) mass is 242 g/mol. The number of anilines is 1. The van der Waals surface area contributed by atoms with Crippen molar-refractivity contribution in [2.75, 3.05) is 18.0 Å². The fourth-order valence-corrected chi connectivity index (χ4v) is 2.66. The molecule has 1 aliphatic rings. The average molecular weight is 242 g/mol. The Bertz CT molecular complexity index is 579. The van der Waals surface area contributed by atoms with Gasteiger partial charge in [-0.3, -0.25) is 4.79 Å². The molecule has 0 amide bonds. The van der Waals surface area contributed by atoms with Gasteiger partial charge in [0.25, 0.3) is 0 Å². The van der Waals surface area contributed by atoms with Crippen LogP contribution >= 0.6 is 0 Å². The van der Waals surface area contributed by atoms with Crippen molar-refractivity contribution in [2.24, 2.45) is 0 Å². The maximum absolute atomic E-state index is 11.4. The molecule has 0 spiro atoms. The molecule has 2 aromatic rings. The summed E-state index contributed by atoms with van der Waals surface area (Å²) in [6.07, 6.45) is 3.91. The van der Waals surface area contributed by atoms with Crippen LogP contribution in [0.15, 0.2) is 24.3 Å². The van der Waals surface area contributed by atoms with Gasteiger partial charge in [0.05, 0.1) is 5.69 Å². The Hall–Kier alpha value is -1.77. The van der Waals surface area contributed by atoms with Crippen LogP contribution < -0.4 is 4.90 Å². The normalized spacial score (nSPS) is 16.2. The SMILES string of the molecule is CC(=O)c1cc2cc(N3CCCCC3)ccc2[nH]1. The molecule has 18 heavy (non-hydrogen) atoms. The van der Waals surface area contributed by atoms with E-state index in [4.69, 9.17) is 0 Å². The molecule has 0 aliphatic carbocycles. The number of H-pyrrole nitrogens is 1. The number of rotatable bonds is 2. The van der Waals surface area contributed by atoms with Crippen molar-refractivity contribution in [3.05, 3.63) is 30.0 Å². The summed E-state index contributed by atoms with van der Waals surface area (Å²) in [4.78, 5) is 17.0. The predicted molar refractivity (Wildman–Crippen MR) is 74.4 cm³/mol. The van der Waals surface area contributed by atoms with E-state index in [0.717, 1.165) is 24.0 Å². The second-order valence-corrected chi connectivity index (χ2v) is 5.06. The average Bonchev–Trinajstić information content (AvgIpc) is 2.82. The lowest BCUT2D eigenvalue weighted by Gasteiger charge is -2.28. The van der Waals surface area contributed by atoms with E-state index in [-0.39, 0.29) is 5.78 Å². The van der Waals surface area contributed by atoms with Crippen molar-refractivity contribution < 1.29 is 4.79 Å². The third-order valence-electron chi connectivity index (χ3n) is 3.70. The number of aromatic nitrogens is 1. The third-order valence-corrected chi connectivity index (χ3v) is 3.70. The highest BCUT2D eigenvalue weighted by Crippen LogP contribution is 2.25. The van der Waals surface area contributed by atoms with Gasteiger partial charge in [-0.2, -0.15) is 0 Å². The van der Waals surface area contributed by atoms with Crippen LogP contribution in [-0.2, 0) is 0 Å². The minimum Gasteiger partial charge on any atom is -0.372 e. The molecule has 1 aromatic carbocycles. The smallest absolute Gasteiger partial charge is 0.175 e. The molecular weight excluding hydrogens is 224 g/mol. The molecule has 1 fully saturated rings. The third kappa shape index (κ3) is 2.01. The summed E-state index contributed by atoms with van der Waals surface area (Å²) in [5.74, 6) is 0.0886. The Kier molecular flexibility index (Phi) is 2.82. The number of carbonyl (C=O) groups is 1. The summed E-state index contributed by atoms with van der Waals surface area (Å²) >= 11 is 0. The van der Waals surface area contributed by atoms with E-state index in [1.54, 1.807) is 6.92 Å². The van der Waals surface area contributed by atoms with Crippen molar-refractivity contribution in [3.8, 4) is 0 Å². The molecule has 3 heteroatoms. The van der Waals surface area contributed by atoms with Gasteiger partial charge in [-0.1, -0.05) is 0 Å². The first-order chi connectivity index (χ1) is 8.74. The van der Waals surface area contributed by atoms with Gasteiger partial charge in [0, 0.05) is 36.6 Å². The van der Waals surface area contributed by atoms with E-state index >= 15 is 0 Å². The van der Waals surface area contributed by atoms with Gasteiger partial charge in [-0.25, -0.2) is 0 Å². The molecule has 0 atom stereocenters. The van der Waals surface area contributed by atoms with Gasteiger partial charge in [0.2, 0.25) is 0 Å². The minimum absolute atomic E-state index is 0.0886.